The zero-order valence-electron chi connectivity index (χ0n) is 20.9. The molecule has 0 aliphatic carbocycles. The molecular formula is C25H19NaO13S. The summed E-state index contributed by atoms with van der Waals surface area (Å²) in [6.07, 6.45) is -2.21. The molecule has 3 aromatic carbocycles. The summed E-state index contributed by atoms with van der Waals surface area (Å²) >= 11 is 0. The summed E-state index contributed by atoms with van der Waals surface area (Å²) in [6.45, 7) is -0.700. The van der Waals surface area contributed by atoms with Gasteiger partial charge in [0.25, 0.3) is 0 Å². The Balaban J connectivity index is 0.00000370. The smallest absolute Gasteiger partial charge is 0.726 e. The molecule has 4 aromatic rings. The first kappa shape index (κ1) is 29.3. The van der Waals surface area contributed by atoms with E-state index in [-0.39, 0.29) is 80.6 Å². The molecule has 5 rings (SSSR count). The number of phenolic OH excluding ortho intramolecular Hbond substituents is 3. The molecule has 40 heavy (non-hydrogen) atoms. The van der Waals surface area contributed by atoms with Gasteiger partial charge in [-0.15, -0.1) is 0 Å². The van der Waals surface area contributed by atoms with Gasteiger partial charge in [-0.25, -0.2) is 8.42 Å². The Morgan fingerprint density at radius 2 is 1.70 bits per heavy atom. The zero-order chi connectivity index (χ0) is 28.1. The summed E-state index contributed by atoms with van der Waals surface area (Å²) in [6, 6.07) is 10.4. The molecule has 1 aromatic heterocycles. The first-order valence-corrected chi connectivity index (χ1v) is 12.4. The Labute approximate surface area is 248 Å². The van der Waals surface area contributed by atoms with E-state index in [4.69, 9.17) is 18.6 Å². The molecule has 1 aliphatic heterocycles. The van der Waals surface area contributed by atoms with Crippen LogP contribution in [0.2, 0.25) is 0 Å². The van der Waals surface area contributed by atoms with Crippen LogP contribution in [0, 0.1) is 0 Å². The predicted molar refractivity (Wildman–Crippen MR) is 131 cm³/mol. The van der Waals surface area contributed by atoms with Gasteiger partial charge in [0.15, 0.2) is 41.0 Å². The number of aromatic hydroxyl groups is 4. The van der Waals surface area contributed by atoms with Crippen molar-refractivity contribution in [3.8, 4) is 51.6 Å². The maximum absolute atomic E-state index is 12.7. The minimum Gasteiger partial charge on any atom is -0.726 e. The summed E-state index contributed by atoms with van der Waals surface area (Å²) in [5.41, 5.74) is -0.617. The van der Waals surface area contributed by atoms with E-state index in [0.29, 0.717) is 5.56 Å². The molecule has 0 spiro atoms. The Bertz CT molecular complexity index is 1770. The number of methoxy groups -OCH3 is 1. The monoisotopic (exact) mass is 582 g/mol. The quantitative estimate of drug-likeness (QED) is 0.131. The molecule has 2 unspecified atom stereocenters. The largest absolute Gasteiger partial charge is 1.00 e. The molecule has 0 fully saturated rings. The summed E-state index contributed by atoms with van der Waals surface area (Å²) in [5.74, 6) is -1.97. The van der Waals surface area contributed by atoms with Crippen molar-refractivity contribution < 1.29 is 85.8 Å². The van der Waals surface area contributed by atoms with Crippen molar-refractivity contribution in [2.75, 3.05) is 13.7 Å². The maximum atomic E-state index is 12.7. The molecule has 0 radical (unpaired) electrons. The third-order valence-corrected chi connectivity index (χ3v) is 6.34. The molecule has 0 bridgehead atoms. The van der Waals surface area contributed by atoms with Crippen LogP contribution in [0.1, 0.15) is 11.7 Å². The fourth-order valence-corrected chi connectivity index (χ4v) is 4.47. The molecule has 2 heterocycles. The van der Waals surface area contributed by atoms with Crippen LogP contribution in [-0.4, -0.2) is 53.2 Å². The molecule has 2 atom stereocenters. The van der Waals surface area contributed by atoms with E-state index in [1.807, 2.05) is 0 Å². The van der Waals surface area contributed by atoms with Crippen molar-refractivity contribution in [1.82, 2.24) is 0 Å². The molecular weight excluding hydrogens is 563 g/mol. The minimum absolute atomic E-state index is 0. The molecule has 0 saturated carbocycles. The number of fused-ring (bicyclic) bond motifs is 2. The second kappa shape index (κ2) is 11.1. The molecule has 15 heteroatoms. The second-order valence-corrected chi connectivity index (χ2v) is 9.48. The van der Waals surface area contributed by atoms with Gasteiger partial charge in [0.2, 0.25) is 21.6 Å². The Kier molecular flexibility index (Phi) is 8.12. The van der Waals surface area contributed by atoms with Gasteiger partial charge < -0.3 is 43.6 Å². The molecule has 13 nitrogen and oxygen atoms in total. The van der Waals surface area contributed by atoms with E-state index in [2.05, 4.69) is 4.18 Å². The number of benzene rings is 3. The third kappa shape index (κ3) is 5.63. The number of phenols is 3. The topological polar surface area (TPSA) is 205 Å². The summed E-state index contributed by atoms with van der Waals surface area (Å²) in [4.78, 5) is 12.7. The Hall–Kier alpha value is -3.66. The van der Waals surface area contributed by atoms with Crippen molar-refractivity contribution in [3.05, 3.63) is 64.3 Å². The molecule has 1 aliphatic rings. The summed E-state index contributed by atoms with van der Waals surface area (Å²) < 4.78 is 60.4. The van der Waals surface area contributed by atoms with Crippen molar-refractivity contribution >= 4 is 21.4 Å². The third-order valence-electron chi connectivity index (χ3n) is 5.92. The number of hydrogen-bond acceptors (Lipinski definition) is 13. The standard InChI is InChI=1S/C25H20O13S.Na/c1-34-17-6-11(2-4-14(17)27)24-20(10-35-39(31,32)33)36-16-5-3-12(7-18(16)37-24)25-23(30)22(29)21-15(28)8-13(26)9-19(21)38-25;/h2-9,20,24,26-28,30H,10H2,1H3,(H,31,32,33);/q;+1/p-1. The number of rotatable bonds is 6. The van der Waals surface area contributed by atoms with Crippen molar-refractivity contribution in [1.29, 1.82) is 0 Å². The van der Waals surface area contributed by atoms with Crippen LogP contribution >= 0.6 is 0 Å². The molecule has 4 N–H and O–H groups in total. The van der Waals surface area contributed by atoms with E-state index in [0.717, 1.165) is 12.1 Å². The van der Waals surface area contributed by atoms with E-state index < -0.39 is 46.1 Å². The summed E-state index contributed by atoms with van der Waals surface area (Å²) in [5, 5.41) is 40.0. The van der Waals surface area contributed by atoms with Gasteiger partial charge in [-0.05, 0) is 30.3 Å². The van der Waals surface area contributed by atoms with Gasteiger partial charge in [0.1, 0.15) is 29.1 Å². The normalized spacial score (nSPS) is 16.4. The first-order chi connectivity index (χ1) is 18.4. The predicted octanol–water partition coefficient (Wildman–Crippen LogP) is -0.347. The maximum Gasteiger partial charge on any atom is 1.00 e. The van der Waals surface area contributed by atoms with Crippen LogP contribution < -0.4 is 49.2 Å². The second-order valence-electron chi connectivity index (χ2n) is 8.43. The fourth-order valence-electron chi connectivity index (χ4n) is 4.17. The van der Waals surface area contributed by atoms with E-state index in [9.17, 15) is 38.2 Å². The first-order valence-electron chi connectivity index (χ1n) is 11.1. The Morgan fingerprint density at radius 1 is 0.950 bits per heavy atom. The van der Waals surface area contributed by atoms with Gasteiger partial charge in [-0.1, -0.05) is 6.07 Å². The number of ether oxygens (including phenoxy) is 3. The molecule has 0 saturated heterocycles. The Morgan fingerprint density at radius 3 is 2.40 bits per heavy atom. The number of hydrogen-bond donors (Lipinski definition) is 4. The van der Waals surface area contributed by atoms with Gasteiger partial charge in [0, 0.05) is 23.3 Å². The van der Waals surface area contributed by atoms with Gasteiger partial charge in [-0.2, -0.15) is 0 Å². The molecule has 204 valence electrons. The van der Waals surface area contributed by atoms with E-state index >= 15 is 0 Å². The summed E-state index contributed by atoms with van der Waals surface area (Å²) in [7, 11) is -3.73. The zero-order valence-corrected chi connectivity index (χ0v) is 23.7. The van der Waals surface area contributed by atoms with Crippen molar-refractivity contribution in [2.45, 2.75) is 12.2 Å². The van der Waals surface area contributed by atoms with Crippen molar-refractivity contribution in [3.63, 3.8) is 0 Å². The average molecular weight is 582 g/mol. The van der Waals surface area contributed by atoms with Gasteiger partial charge in [-0.3, -0.25) is 8.98 Å². The average Bonchev–Trinajstić information content (AvgIpc) is 2.88. The van der Waals surface area contributed by atoms with Crippen LogP contribution in [0.25, 0.3) is 22.3 Å². The van der Waals surface area contributed by atoms with E-state index in [1.165, 1.54) is 43.5 Å². The van der Waals surface area contributed by atoms with Crippen LogP contribution in [0.3, 0.4) is 0 Å². The SMILES string of the molecule is COc1cc(C2Oc3cc(-c4oc5cc(O)cc(O)c5c(=O)c4O)ccc3OC2COS(=O)(=O)[O-])ccc1O.[Na+]. The molecule has 0 amide bonds. The van der Waals surface area contributed by atoms with Gasteiger partial charge >= 0.3 is 29.6 Å². The van der Waals surface area contributed by atoms with Gasteiger partial charge in [0.05, 0.1) is 7.11 Å². The van der Waals surface area contributed by atoms with Crippen LogP contribution in [0.4, 0.5) is 0 Å². The van der Waals surface area contributed by atoms with Crippen molar-refractivity contribution in [2.24, 2.45) is 0 Å². The van der Waals surface area contributed by atoms with Crippen LogP contribution in [0.15, 0.2) is 57.7 Å². The minimum atomic E-state index is -5.06. The van der Waals surface area contributed by atoms with E-state index in [1.54, 1.807) is 0 Å². The van der Waals surface area contributed by atoms with Crippen LogP contribution in [-0.2, 0) is 14.6 Å². The van der Waals surface area contributed by atoms with Crippen LogP contribution in [0.5, 0.6) is 40.2 Å². The fraction of sp³-hybridized carbons (Fsp3) is 0.160.